The molecular formula is C18H15FN2O2. The summed E-state index contributed by atoms with van der Waals surface area (Å²) in [4.78, 5) is 16.4. The van der Waals surface area contributed by atoms with Crippen LogP contribution < -0.4 is 5.32 Å². The number of rotatable bonds is 4. The van der Waals surface area contributed by atoms with E-state index in [1.807, 2.05) is 30.3 Å². The second-order valence-electron chi connectivity index (χ2n) is 5.13. The molecule has 0 atom stereocenters. The third kappa shape index (κ3) is 3.63. The topological polar surface area (TPSA) is 55.1 Å². The maximum atomic E-state index is 13.1. The molecule has 0 saturated carbocycles. The first-order valence-electron chi connectivity index (χ1n) is 7.19. The summed E-state index contributed by atoms with van der Waals surface area (Å²) in [6.45, 7) is 1.79. The van der Waals surface area contributed by atoms with E-state index in [0.717, 1.165) is 5.56 Å². The van der Waals surface area contributed by atoms with E-state index in [9.17, 15) is 9.18 Å². The van der Waals surface area contributed by atoms with Crippen LogP contribution in [-0.4, -0.2) is 10.9 Å². The van der Waals surface area contributed by atoms with Gasteiger partial charge in [0, 0.05) is 11.3 Å². The van der Waals surface area contributed by atoms with Gasteiger partial charge in [-0.15, -0.1) is 0 Å². The van der Waals surface area contributed by atoms with Crippen molar-refractivity contribution >= 4 is 11.6 Å². The summed E-state index contributed by atoms with van der Waals surface area (Å²) in [6.07, 6.45) is 0.0438. The molecule has 1 heterocycles. The van der Waals surface area contributed by atoms with Crippen molar-refractivity contribution in [2.24, 2.45) is 0 Å². The number of oxazole rings is 1. The van der Waals surface area contributed by atoms with E-state index in [1.54, 1.807) is 13.0 Å². The van der Waals surface area contributed by atoms with Crippen LogP contribution in [0.1, 0.15) is 11.5 Å². The van der Waals surface area contributed by atoms with Gasteiger partial charge in [0.05, 0.1) is 12.1 Å². The first-order valence-corrected chi connectivity index (χ1v) is 7.19. The minimum atomic E-state index is -0.398. The number of aromatic nitrogens is 1. The van der Waals surface area contributed by atoms with Crippen LogP contribution in [0.5, 0.6) is 0 Å². The summed E-state index contributed by atoms with van der Waals surface area (Å²) in [7, 11) is 0. The van der Waals surface area contributed by atoms with E-state index in [2.05, 4.69) is 10.3 Å². The fourth-order valence-corrected chi connectivity index (χ4v) is 2.21. The second-order valence-corrected chi connectivity index (χ2v) is 5.13. The van der Waals surface area contributed by atoms with Gasteiger partial charge in [0.1, 0.15) is 11.6 Å². The number of carbonyl (C=O) groups excluding carboxylic acids is 1. The van der Waals surface area contributed by atoms with Crippen LogP contribution in [0.4, 0.5) is 10.1 Å². The van der Waals surface area contributed by atoms with Crippen molar-refractivity contribution in [3.05, 3.63) is 71.9 Å². The molecule has 1 aromatic heterocycles. The highest BCUT2D eigenvalue weighted by Gasteiger charge is 2.15. The lowest BCUT2D eigenvalue weighted by Crippen LogP contribution is -2.14. The Bertz CT molecular complexity index is 828. The molecule has 2 aromatic carbocycles. The zero-order valence-corrected chi connectivity index (χ0v) is 12.5. The number of hydrogen-bond acceptors (Lipinski definition) is 3. The Hall–Kier alpha value is -2.95. The second kappa shape index (κ2) is 6.44. The van der Waals surface area contributed by atoms with E-state index in [1.165, 1.54) is 18.2 Å². The van der Waals surface area contributed by atoms with E-state index in [-0.39, 0.29) is 12.3 Å². The standard InChI is InChI=1S/C18H15FN2O2/c1-12-16(23-18(20-12)13-6-3-2-4-7-13)11-17(22)21-15-9-5-8-14(19)10-15/h2-10H,11H2,1H3,(H,21,22). The Morgan fingerprint density at radius 3 is 2.70 bits per heavy atom. The van der Waals surface area contributed by atoms with Gasteiger partial charge in [0.15, 0.2) is 0 Å². The molecule has 5 heteroatoms. The van der Waals surface area contributed by atoms with E-state index >= 15 is 0 Å². The van der Waals surface area contributed by atoms with Crippen molar-refractivity contribution in [1.82, 2.24) is 4.98 Å². The Kier molecular flexibility index (Phi) is 4.19. The van der Waals surface area contributed by atoms with Gasteiger partial charge in [-0.05, 0) is 37.3 Å². The highest BCUT2D eigenvalue weighted by Crippen LogP contribution is 2.22. The van der Waals surface area contributed by atoms with Gasteiger partial charge in [-0.3, -0.25) is 4.79 Å². The molecule has 0 aliphatic carbocycles. The summed E-state index contributed by atoms with van der Waals surface area (Å²) in [5.74, 6) is 0.300. The van der Waals surface area contributed by atoms with E-state index < -0.39 is 5.82 Å². The molecule has 3 rings (SSSR count). The number of hydrogen-bond donors (Lipinski definition) is 1. The molecule has 0 radical (unpaired) electrons. The highest BCUT2D eigenvalue weighted by molar-refractivity contribution is 5.92. The van der Waals surface area contributed by atoms with Crippen LogP contribution in [0, 0.1) is 12.7 Å². The van der Waals surface area contributed by atoms with Gasteiger partial charge < -0.3 is 9.73 Å². The molecule has 23 heavy (non-hydrogen) atoms. The van der Waals surface area contributed by atoms with Gasteiger partial charge in [-0.1, -0.05) is 24.3 Å². The summed E-state index contributed by atoms with van der Waals surface area (Å²) in [6, 6.07) is 15.2. The number of amides is 1. The molecule has 0 bridgehead atoms. The van der Waals surface area contributed by atoms with Crippen molar-refractivity contribution < 1.29 is 13.6 Å². The van der Waals surface area contributed by atoms with Gasteiger partial charge in [0.25, 0.3) is 0 Å². The quantitative estimate of drug-likeness (QED) is 0.793. The SMILES string of the molecule is Cc1nc(-c2ccccc2)oc1CC(=O)Nc1cccc(F)c1. The summed E-state index contributed by atoms with van der Waals surface area (Å²) >= 11 is 0. The van der Waals surface area contributed by atoms with Crippen LogP contribution in [0.15, 0.2) is 59.0 Å². The van der Waals surface area contributed by atoms with Crippen molar-refractivity contribution in [3.63, 3.8) is 0 Å². The lowest BCUT2D eigenvalue weighted by molar-refractivity contribution is -0.115. The van der Waals surface area contributed by atoms with Crippen molar-refractivity contribution in [2.75, 3.05) is 5.32 Å². The van der Waals surface area contributed by atoms with Crippen LogP contribution >= 0.6 is 0 Å². The molecule has 1 N–H and O–H groups in total. The molecule has 0 spiro atoms. The van der Waals surface area contributed by atoms with Gasteiger partial charge in [-0.2, -0.15) is 0 Å². The molecule has 1 amide bonds. The maximum absolute atomic E-state index is 13.1. The van der Waals surface area contributed by atoms with E-state index in [0.29, 0.717) is 23.0 Å². The first-order chi connectivity index (χ1) is 11.1. The molecule has 0 fully saturated rings. The van der Waals surface area contributed by atoms with Crippen LogP contribution in [0.3, 0.4) is 0 Å². The average Bonchev–Trinajstić information content (AvgIpc) is 2.89. The number of carbonyl (C=O) groups is 1. The minimum absolute atomic E-state index is 0.0438. The van der Waals surface area contributed by atoms with E-state index in [4.69, 9.17) is 4.42 Å². The fraction of sp³-hybridized carbons (Fsp3) is 0.111. The Labute approximate surface area is 133 Å². The molecule has 0 aliphatic rings. The minimum Gasteiger partial charge on any atom is -0.440 e. The van der Waals surface area contributed by atoms with Crippen LogP contribution in [0.2, 0.25) is 0 Å². The Balaban J connectivity index is 1.73. The number of nitrogens with zero attached hydrogens (tertiary/aromatic N) is 1. The van der Waals surface area contributed by atoms with Gasteiger partial charge in [-0.25, -0.2) is 9.37 Å². The molecule has 3 aromatic rings. The first kappa shape index (κ1) is 15.0. The number of benzene rings is 2. The molecule has 116 valence electrons. The number of anilines is 1. The maximum Gasteiger partial charge on any atom is 0.232 e. The van der Waals surface area contributed by atoms with Crippen molar-refractivity contribution in [2.45, 2.75) is 13.3 Å². The Morgan fingerprint density at radius 2 is 1.96 bits per heavy atom. The molecule has 0 saturated heterocycles. The van der Waals surface area contributed by atoms with Crippen molar-refractivity contribution in [1.29, 1.82) is 0 Å². The van der Waals surface area contributed by atoms with Gasteiger partial charge in [0.2, 0.25) is 11.8 Å². The third-order valence-corrected chi connectivity index (χ3v) is 3.34. The van der Waals surface area contributed by atoms with Crippen LogP contribution in [-0.2, 0) is 11.2 Å². The summed E-state index contributed by atoms with van der Waals surface area (Å²) in [5.41, 5.74) is 1.93. The lowest BCUT2D eigenvalue weighted by Gasteiger charge is -2.04. The predicted octanol–water partition coefficient (Wildman–Crippen LogP) is 3.97. The third-order valence-electron chi connectivity index (χ3n) is 3.34. The summed E-state index contributed by atoms with van der Waals surface area (Å²) < 4.78 is 18.8. The summed E-state index contributed by atoms with van der Waals surface area (Å²) in [5, 5.41) is 2.64. The Morgan fingerprint density at radius 1 is 1.17 bits per heavy atom. The highest BCUT2D eigenvalue weighted by atomic mass is 19.1. The zero-order valence-electron chi connectivity index (χ0n) is 12.5. The van der Waals surface area contributed by atoms with Crippen molar-refractivity contribution in [3.8, 4) is 11.5 Å². The predicted molar refractivity (Wildman–Crippen MR) is 85.4 cm³/mol. The number of halogens is 1. The number of aryl methyl sites for hydroxylation is 1. The monoisotopic (exact) mass is 310 g/mol. The average molecular weight is 310 g/mol. The normalized spacial score (nSPS) is 10.5. The largest absolute Gasteiger partial charge is 0.440 e. The molecular weight excluding hydrogens is 295 g/mol. The fourth-order valence-electron chi connectivity index (χ4n) is 2.21. The molecule has 0 unspecified atom stereocenters. The molecule has 0 aliphatic heterocycles. The number of nitrogens with one attached hydrogen (secondary N) is 1. The van der Waals surface area contributed by atoms with Crippen LogP contribution in [0.25, 0.3) is 11.5 Å². The zero-order chi connectivity index (χ0) is 16.2. The van der Waals surface area contributed by atoms with Gasteiger partial charge >= 0.3 is 0 Å². The smallest absolute Gasteiger partial charge is 0.232 e. The lowest BCUT2D eigenvalue weighted by atomic mass is 10.2. The molecule has 4 nitrogen and oxygen atoms in total.